The highest BCUT2D eigenvalue weighted by Gasteiger charge is 2.66. The SMILES string of the molecule is C[C@@]12O[C@@](CCOc3ccnc4cc(Cl)ccc34)(CC1O)c1c2c(O)n(-c2ccc(C#N)c3ccccc23)c1O. The minimum Gasteiger partial charge on any atom is -0.494 e. The van der Waals surface area contributed by atoms with Crippen LogP contribution < -0.4 is 4.74 Å². The van der Waals surface area contributed by atoms with E-state index < -0.39 is 17.3 Å². The molecule has 4 heterocycles. The highest BCUT2D eigenvalue weighted by Crippen LogP contribution is 2.65. The molecular weight excluding hydrogens is 530 g/mol. The summed E-state index contributed by atoms with van der Waals surface area (Å²) < 4.78 is 14.0. The number of hydrogen-bond acceptors (Lipinski definition) is 7. The molecule has 3 atom stereocenters. The molecule has 1 fully saturated rings. The second kappa shape index (κ2) is 8.60. The molecule has 3 N–H and O–H groups in total. The van der Waals surface area contributed by atoms with E-state index in [2.05, 4.69) is 11.1 Å². The third-order valence-electron chi connectivity index (χ3n) is 8.33. The van der Waals surface area contributed by atoms with Crippen LogP contribution in [0.3, 0.4) is 0 Å². The fourth-order valence-corrected chi connectivity index (χ4v) is 6.64. The first kappa shape index (κ1) is 24.7. The quantitative estimate of drug-likeness (QED) is 0.252. The smallest absolute Gasteiger partial charge is 0.205 e. The lowest BCUT2D eigenvalue weighted by Crippen LogP contribution is -2.33. The lowest BCUT2D eigenvalue weighted by molar-refractivity contribution is -0.107. The maximum absolute atomic E-state index is 11.7. The van der Waals surface area contributed by atoms with Crippen molar-refractivity contribution in [2.24, 2.45) is 0 Å². The van der Waals surface area contributed by atoms with Crippen LogP contribution in [-0.4, -0.2) is 37.6 Å². The van der Waals surface area contributed by atoms with Crippen molar-refractivity contribution in [3.05, 3.63) is 88.6 Å². The Bertz CT molecular complexity index is 1900. The minimum absolute atomic E-state index is 0.165. The van der Waals surface area contributed by atoms with Crippen molar-refractivity contribution in [3.63, 3.8) is 0 Å². The summed E-state index contributed by atoms with van der Waals surface area (Å²) in [7, 11) is 0. The van der Waals surface area contributed by atoms with Gasteiger partial charge in [0.2, 0.25) is 11.8 Å². The van der Waals surface area contributed by atoms with E-state index in [4.69, 9.17) is 21.1 Å². The predicted octanol–water partition coefficient (Wildman–Crippen LogP) is 5.79. The molecule has 7 rings (SSSR count). The number of nitrogens with zero attached hydrogens (tertiary/aromatic N) is 3. The number of aliphatic hydroxyl groups is 1. The number of aromatic nitrogens is 2. The van der Waals surface area contributed by atoms with E-state index in [9.17, 15) is 20.6 Å². The zero-order valence-electron chi connectivity index (χ0n) is 21.4. The predicted molar refractivity (Wildman–Crippen MR) is 149 cm³/mol. The Morgan fingerprint density at radius 3 is 2.65 bits per heavy atom. The Morgan fingerprint density at radius 2 is 1.85 bits per heavy atom. The molecule has 2 aromatic heterocycles. The molecule has 2 aliphatic heterocycles. The van der Waals surface area contributed by atoms with E-state index in [1.165, 1.54) is 4.57 Å². The van der Waals surface area contributed by atoms with Gasteiger partial charge in [0.05, 0.1) is 46.7 Å². The Kier molecular flexibility index (Phi) is 5.32. The second-order valence-electron chi connectivity index (χ2n) is 10.5. The first-order valence-corrected chi connectivity index (χ1v) is 13.3. The van der Waals surface area contributed by atoms with Crippen LogP contribution in [0.2, 0.25) is 5.02 Å². The Morgan fingerprint density at radius 1 is 1.07 bits per heavy atom. The van der Waals surface area contributed by atoms with E-state index in [0.717, 1.165) is 5.39 Å². The number of aliphatic hydroxyl groups excluding tert-OH is 1. The second-order valence-corrected chi connectivity index (χ2v) is 11.0. The lowest BCUT2D eigenvalue weighted by atomic mass is 9.76. The van der Waals surface area contributed by atoms with Gasteiger partial charge in [0, 0.05) is 40.2 Å². The van der Waals surface area contributed by atoms with Crippen molar-refractivity contribution in [2.75, 3.05) is 6.61 Å². The number of benzene rings is 3. The van der Waals surface area contributed by atoms with Crippen molar-refractivity contribution in [3.8, 4) is 29.3 Å². The monoisotopic (exact) mass is 553 g/mol. The molecule has 2 bridgehead atoms. The van der Waals surface area contributed by atoms with Crippen LogP contribution in [0.1, 0.15) is 36.5 Å². The van der Waals surface area contributed by atoms with E-state index >= 15 is 0 Å². The molecule has 0 saturated carbocycles. The van der Waals surface area contributed by atoms with E-state index in [1.54, 1.807) is 43.5 Å². The van der Waals surface area contributed by atoms with Gasteiger partial charge in [-0.15, -0.1) is 0 Å². The maximum Gasteiger partial charge on any atom is 0.205 e. The van der Waals surface area contributed by atoms with Crippen LogP contribution >= 0.6 is 11.6 Å². The zero-order valence-corrected chi connectivity index (χ0v) is 22.2. The van der Waals surface area contributed by atoms with Crippen LogP contribution in [0.5, 0.6) is 17.5 Å². The molecule has 5 aromatic rings. The van der Waals surface area contributed by atoms with Gasteiger partial charge in [-0.2, -0.15) is 5.26 Å². The largest absolute Gasteiger partial charge is 0.494 e. The fraction of sp³-hybridized carbons (Fsp3) is 0.226. The highest BCUT2D eigenvalue weighted by molar-refractivity contribution is 6.31. The van der Waals surface area contributed by atoms with E-state index in [1.807, 2.05) is 30.3 Å². The third kappa shape index (κ3) is 3.29. The summed E-state index contributed by atoms with van der Waals surface area (Å²) in [5.74, 6) is 0.261. The maximum atomic E-state index is 11.7. The standard InChI is InChI=1S/C31H24ClN3O5/c1-30-25(36)15-31(40-30,11-13-39-24-10-12-34-22-14-18(32)7-8-21(22)24)27-26(30)28(37)35(29(27)38)23-9-6-17(16-33)19-4-2-3-5-20(19)23/h2-10,12,14,25,36-38H,11,13,15H2,1H3/t25?,30-,31+/m1/s1. The van der Waals surface area contributed by atoms with Crippen LogP contribution in [0.4, 0.5) is 0 Å². The molecular formula is C31H24ClN3O5. The van der Waals surface area contributed by atoms with Crippen molar-refractivity contribution >= 4 is 33.3 Å². The van der Waals surface area contributed by atoms with E-state index in [-0.39, 0.29) is 24.8 Å². The van der Waals surface area contributed by atoms with Gasteiger partial charge in [0.25, 0.3) is 0 Å². The molecule has 9 heteroatoms. The Hall–Kier alpha value is -4.29. The van der Waals surface area contributed by atoms with Gasteiger partial charge in [0.15, 0.2) is 0 Å². The molecule has 40 heavy (non-hydrogen) atoms. The first-order chi connectivity index (χ1) is 19.3. The summed E-state index contributed by atoms with van der Waals surface area (Å²) >= 11 is 6.12. The van der Waals surface area contributed by atoms with Gasteiger partial charge in [-0.05, 0) is 43.3 Å². The zero-order chi connectivity index (χ0) is 27.8. The molecule has 2 aliphatic rings. The highest BCUT2D eigenvalue weighted by atomic mass is 35.5. The normalized spacial score (nSPS) is 23.0. The average Bonchev–Trinajstić information content (AvgIpc) is 3.48. The molecule has 3 aromatic carbocycles. The average molecular weight is 554 g/mol. The minimum atomic E-state index is -1.22. The molecule has 0 amide bonds. The Balaban J connectivity index is 1.30. The van der Waals surface area contributed by atoms with Crippen LogP contribution in [0.15, 0.2) is 66.9 Å². The number of pyridine rings is 1. The van der Waals surface area contributed by atoms with Crippen molar-refractivity contribution in [1.29, 1.82) is 5.26 Å². The summed E-state index contributed by atoms with van der Waals surface area (Å²) in [5, 5.41) is 46.7. The molecule has 0 radical (unpaired) electrons. The number of halogens is 1. The van der Waals surface area contributed by atoms with Crippen molar-refractivity contribution in [1.82, 2.24) is 9.55 Å². The van der Waals surface area contributed by atoms with Gasteiger partial charge in [-0.3, -0.25) is 9.55 Å². The summed E-state index contributed by atoms with van der Waals surface area (Å²) in [4.78, 5) is 4.36. The number of ether oxygens (including phenoxy) is 2. The van der Waals surface area contributed by atoms with Gasteiger partial charge in [-0.1, -0.05) is 35.9 Å². The summed E-state index contributed by atoms with van der Waals surface area (Å²) in [6, 6.07) is 20.1. The molecule has 1 unspecified atom stereocenters. The molecule has 0 spiro atoms. The van der Waals surface area contributed by atoms with Gasteiger partial charge >= 0.3 is 0 Å². The van der Waals surface area contributed by atoms with Crippen LogP contribution in [0.25, 0.3) is 27.4 Å². The van der Waals surface area contributed by atoms with Gasteiger partial charge < -0.3 is 24.8 Å². The number of hydrogen-bond donors (Lipinski definition) is 3. The van der Waals surface area contributed by atoms with Gasteiger partial charge in [0.1, 0.15) is 17.0 Å². The molecule has 1 saturated heterocycles. The summed E-state index contributed by atoms with van der Waals surface area (Å²) in [5.41, 5.74) is 0.228. The number of aromatic hydroxyl groups is 2. The van der Waals surface area contributed by atoms with Crippen molar-refractivity contribution in [2.45, 2.75) is 37.1 Å². The number of rotatable bonds is 5. The number of nitriles is 1. The fourth-order valence-electron chi connectivity index (χ4n) is 6.47. The lowest BCUT2D eigenvalue weighted by Gasteiger charge is -2.26. The van der Waals surface area contributed by atoms with Crippen LogP contribution in [0, 0.1) is 11.3 Å². The molecule has 200 valence electrons. The summed E-state index contributed by atoms with van der Waals surface area (Å²) in [6.45, 7) is 1.95. The Labute approximate surface area is 234 Å². The van der Waals surface area contributed by atoms with Crippen molar-refractivity contribution < 1.29 is 24.8 Å². The summed E-state index contributed by atoms with van der Waals surface area (Å²) in [6.07, 6.45) is 1.30. The molecule has 0 aliphatic carbocycles. The first-order valence-electron chi connectivity index (χ1n) is 12.9. The van der Waals surface area contributed by atoms with Gasteiger partial charge in [-0.25, -0.2) is 0 Å². The van der Waals surface area contributed by atoms with Crippen LogP contribution in [-0.2, 0) is 15.9 Å². The molecule has 8 nitrogen and oxygen atoms in total. The van der Waals surface area contributed by atoms with E-state index in [0.29, 0.717) is 55.9 Å². The topological polar surface area (TPSA) is 121 Å². The number of fused-ring (bicyclic) bond motifs is 7. The third-order valence-corrected chi connectivity index (χ3v) is 8.56.